The Hall–Kier alpha value is -3.16. The van der Waals surface area contributed by atoms with Crippen LogP contribution in [0.1, 0.15) is 15.9 Å². The molecular weight excluding hydrogens is 321 g/mol. The highest BCUT2D eigenvalue weighted by Crippen LogP contribution is 2.32. The molecule has 1 N–H and O–H groups in total. The number of rotatable bonds is 3. The Morgan fingerprint density at radius 3 is 2.50 bits per heavy atom. The molecule has 8 heteroatoms. The molecule has 0 aliphatic rings. The van der Waals surface area contributed by atoms with Gasteiger partial charge in [0, 0.05) is 12.4 Å². The summed E-state index contributed by atoms with van der Waals surface area (Å²) in [6.07, 6.45) is 0.0346. The molecule has 0 aliphatic heterocycles. The summed E-state index contributed by atoms with van der Waals surface area (Å²) in [6, 6.07) is 9.47. The summed E-state index contributed by atoms with van der Waals surface area (Å²) in [7, 11) is 0. The van der Waals surface area contributed by atoms with Gasteiger partial charge in [0.2, 0.25) is 0 Å². The molecule has 24 heavy (non-hydrogen) atoms. The number of hydrogen-bond donors (Lipinski definition) is 1. The quantitative estimate of drug-likeness (QED) is 0.798. The average Bonchev–Trinajstić information content (AvgIpc) is 3.09. The van der Waals surface area contributed by atoms with E-state index in [1.165, 1.54) is 29.1 Å². The molecule has 3 rings (SSSR count). The number of pyridine rings is 1. The molecule has 122 valence electrons. The summed E-state index contributed by atoms with van der Waals surface area (Å²) >= 11 is 0. The first kappa shape index (κ1) is 15.7. The average molecular weight is 332 g/mol. The maximum absolute atomic E-state index is 13.0. The van der Waals surface area contributed by atoms with Crippen molar-refractivity contribution in [2.24, 2.45) is 0 Å². The lowest BCUT2D eigenvalue weighted by atomic mass is 10.1. The molecule has 0 unspecified atom stereocenters. The van der Waals surface area contributed by atoms with Gasteiger partial charge < -0.3 is 5.32 Å². The summed E-state index contributed by atoms with van der Waals surface area (Å²) in [5, 5.41) is 6.42. The molecule has 0 radical (unpaired) electrons. The van der Waals surface area contributed by atoms with Gasteiger partial charge >= 0.3 is 6.18 Å². The molecule has 0 aliphatic carbocycles. The van der Waals surface area contributed by atoms with E-state index in [1.54, 1.807) is 24.5 Å². The lowest BCUT2D eigenvalue weighted by molar-refractivity contribution is -0.137. The topological polar surface area (TPSA) is 59.8 Å². The highest BCUT2D eigenvalue weighted by atomic mass is 19.4. The summed E-state index contributed by atoms with van der Waals surface area (Å²) < 4.78 is 40.4. The van der Waals surface area contributed by atoms with E-state index in [4.69, 9.17) is 0 Å². The van der Waals surface area contributed by atoms with Crippen LogP contribution in [0.25, 0.3) is 5.82 Å². The van der Waals surface area contributed by atoms with Crippen LogP contribution in [0.5, 0.6) is 0 Å². The summed E-state index contributed by atoms with van der Waals surface area (Å²) in [4.78, 5) is 16.2. The summed E-state index contributed by atoms with van der Waals surface area (Å²) in [6.45, 7) is 0. The third-order valence-electron chi connectivity index (χ3n) is 3.22. The Morgan fingerprint density at radius 1 is 1.08 bits per heavy atom. The minimum atomic E-state index is -4.60. The second-order valence-corrected chi connectivity index (χ2v) is 4.85. The van der Waals surface area contributed by atoms with Gasteiger partial charge in [0.05, 0.1) is 23.0 Å². The Kier molecular flexibility index (Phi) is 4.03. The number of benzene rings is 1. The minimum absolute atomic E-state index is 0.285. The van der Waals surface area contributed by atoms with Crippen LogP contribution in [0.4, 0.5) is 18.9 Å². The standard InChI is InChI=1S/C16H11F3N4O/c17-16(18,19)13-5-2-1-4-12(13)15(24)22-11-6-7-14(20-10-11)23-9-3-8-21-23/h1-10H,(H,22,24). The van der Waals surface area contributed by atoms with E-state index in [0.29, 0.717) is 5.82 Å². The van der Waals surface area contributed by atoms with Crippen molar-refractivity contribution in [1.82, 2.24) is 14.8 Å². The Bertz CT molecular complexity index is 843. The number of nitrogens with one attached hydrogen (secondary N) is 1. The largest absolute Gasteiger partial charge is 0.417 e. The second-order valence-electron chi connectivity index (χ2n) is 4.85. The van der Waals surface area contributed by atoms with Crippen LogP contribution in [0.2, 0.25) is 0 Å². The van der Waals surface area contributed by atoms with Gasteiger partial charge in [-0.15, -0.1) is 0 Å². The second kappa shape index (κ2) is 6.15. The van der Waals surface area contributed by atoms with Gasteiger partial charge in [-0.3, -0.25) is 4.79 Å². The van der Waals surface area contributed by atoms with E-state index in [2.05, 4.69) is 15.4 Å². The molecule has 0 atom stereocenters. The minimum Gasteiger partial charge on any atom is -0.321 e. The van der Waals surface area contributed by atoms with Gasteiger partial charge in [-0.05, 0) is 30.3 Å². The number of amides is 1. The van der Waals surface area contributed by atoms with Gasteiger partial charge in [-0.25, -0.2) is 9.67 Å². The normalized spacial score (nSPS) is 11.3. The van der Waals surface area contributed by atoms with E-state index in [1.807, 2.05) is 0 Å². The smallest absolute Gasteiger partial charge is 0.321 e. The van der Waals surface area contributed by atoms with E-state index >= 15 is 0 Å². The first-order valence-corrected chi connectivity index (χ1v) is 6.89. The zero-order valence-electron chi connectivity index (χ0n) is 12.2. The van der Waals surface area contributed by atoms with E-state index in [-0.39, 0.29) is 5.69 Å². The number of halogens is 3. The highest BCUT2D eigenvalue weighted by molar-refractivity contribution is 6.05. The van der Waals surface area contributed by atoms with Crippen LogP contribution < -0.4 is 5.32 Å². The number of carbonyl (C=O) groups is 1. The molecule has 1 aromatic carbocycles. The van der Waals surface area contributed by atoms with Crippen LogP contribution >= 0.6 is 0 Å². The van der Waals surface area contributed by atoms with Gasteiger partial charge in [-0.2, -0.15) is 18.3 Å². The van der Waals surface area contributed by atoms with Gasteiger partial charge in [0.15, 0.2) is 5.82 Å². The number of nitrogens with zero attached hydrogens (tertiary/aromatic N) is 3. The number of hydrogen-bond acceptors (Lipinski definition) is 3. The van der Waals surface area contributed by atoms with Crippen molar-refractivity contribution in [3.05, 3.63) is 72.2 Å². The Labute approximate surface area is 134 Å². The maximum Gasteiger partial charge on any atom is 0.417 e. The van der Waals surface area contributed by atoms with Crippen molar-refractivity contribution in [2.75, 3.05) is 5.32 Å². The molecule has 5 nitrogen and oxygen atoms in total. The van der Waals surface area contributed by atoms with E-state index in [0.717, 1.165) is 12.1 Å². The van der Waals surface area contributed by atoms with Crippen molar-refractivity contribution in [3.8, 4) is 5.82 Å². The van der Waals surface area contributed by atoms with Crippen molar-refractivity contribution >= 4 is 11.6 Å². The molecule has 0 fully saturated rings. The molecule has 0 saturated heterocycles. The van der Waals surface area contributed by atoms with Crippen molar-refractivity contribution in [2.45, 2.75) is 6.18 Å². The lowest BCUT2D eigenvalue weighted by Crippen LogP contribution is -2.18. The molecular formula is C16H11F3N4O. The first-order valence-electron chi connectivity index (χ1n) is 6.89. The fourth-order valence-electron chi connectivity index (χ4n) is 2.13. The van der Waals surface area contributed by atoms with Crippen molar-refractivity contribution in [1.29, 1.82) is 0 Å². The maximum atomic E-state index is 13.0. The summed E-state index contributed by atoms with van der Waals surface area (Å²) in [5.41, 5.74) is -1.14. The van der Waals surface area contributed by atoms with Crippen LogP contribution in [-0.2, 0) is 6.18 Å². The molecule has 2 heterocycles. The summed E-state index contributed by atoms with van der Waals surface area (Å²) in [5.74, 6) is -0.328. The van der Waals surface area contributed by atoms with Gasteiger partial charge in [0.25, 0.3) is 5.91 Å². The van der Waals surface area contributed by atoms with Crippen LogP contribution in [0, 0.1) is 0 Å². The highest BCUT2D eigenvalue weighted by Gasteiger charge is 2.34. The number of aromatic nitrogens is 3. The van der Waals surface area contributed by atoms with Crippen molar-refractivity contribution < 1.29 is 18.0 Å². The monoisotopic (exact) mass is 332 g/mol. The van der Waals surface area contributed by atoms with E-state index in [9.17, 15) is 18.0 Å². The van der Waals surface area contributed by atoms with E-state index < -0.39 is 23.2 Å². The molecule has 0 bridgehead atoms. The molecule has 0 saturated carbocycles. The SMILES string of the molecule is O=C(Nc1ccc(-n2cccn2)nc1)c1ccccc1C(F)(F)F. The molecule has 2 aromatic heterocycles. The Balaban J connectivity index is 1.81. The third-order valence-corrected chi connectivity index (χ3v) is 3.22. The lowest BCUT2D eigenvalue weighted by Gasteiger charge is -2.12. The van der Waals surface area contributed by atoms with Crippen LogP contribution in [0.15, 0.2) is 61.1 Å². The van der Waals surface area contributed by atoms with Gasteiger partial charge in [-0.1, -0.05) is 12.1 Å². The fraction of sp³-hybridized carbons (Fsp3) is 0.0625. The number of carbonyl (C=O) groups excluding carboxylic acids is 1. The third kappa shape index (κ3) is 3.27. The Morgan fingerprint density at radius 2 is 1.88 bits per heavy atom. The zero-order valence-corrected chi connectivity index (χ0v) is 12.2. The predicted molar refractivity (Wildman–Crippen MR) is 80.8 cm³/mol. The number of anilines is 1. The predicted octanol–water partition coefficient (Wildman–Crippen LogP) is 3.54. The van der Waals surface area contributed by atoms with Crippen LogP contribution in [0.3, 0.4) is 0 Å². The zero-order chi connectivity index (χ0) is 17.2. The number of alkyl halides is 3. The van der Waals surface area contributed by atoms with Gasteiger partial charge in [0.1, 0.15) is 0 Å². The fourth-order valence-corrected chi connectivity index (χ4v) is 2.13. The van der Waals surface area contributed by atoms with Crippen LogP contribution in [-0.4, -0.2) is 20.7 Å². The molecule has 3 aromatic rings. The van der Waals surface area contributed by atoms with Crippen molar-refractivity contribution in [3.63, 3.8) is 0 Å². The molecule has 1 amide bonds. The molecule has 0 spiro atoms. The first-order chi connectivity index (χ1) is 11.4.